The lowest BCUT2D eigenvalue weighted by Crippen LogP contribution is -2.56. The largest absolute Gasteiger partial charge is 0.464 e. The summed E-state index contributed by atoms with van der Waals surface area (Å²) in [4.78, 5) is 32.9. The molecule has 5 rings (SSSR count). The molecule has 0 unspecified atom stereocenters. The van der Waals surface area contributed by atoms with Crippen molar-refractivity contribution in [2.75, 3.05) is 20.3 Å². The lowest BCUT2D eigenvalue weighted by molar-refractivity contribution is -0.146. The molecule has 0 fully saturated rings. The molecule has 0 heterocycles. The van der Waals surface area contributed by atoms with Crippen molar-refractivity contribution < 1.29 is 50.1 Å². The minimum absolute atomic E-state index is 0.0126. The SMILES string of the molecule is CCOC(=O)[C@H](N=C(c1ccccc1)c1ccccc1)[C@@H](C[C@](CO[C@H](C)c1cc(C(F)(F)F)cc(C(F)(F)F)c1)(NC(=O)OCc1ccccc1)c1ccccc1)NC. The third-order valence-electron chi connectivity index (χ3n) is 9.75. The fourth-order valence-corrected chi connectivity index (χ4v) is 6.64. The second kappa shape index (κ2) is 20.3. The predicted octanol–water partition coefficient (Wildman–Crippen LogP) is 10.1. The molecule has 14 heteroatoms. The van der Waals surface area contributed by atoms with Gasteiger partial charge in [0.25, 0.3) is 0 Å². The standard InChI is InChI=1S/C46H45F6N3O5/c1-4-58-42(56)41(54-40(33-19-11-6-12-20-33)34-21-13-7-14-22-34)39(53-3)28-44(36-23-15-8-16-24-36,55-43(57)59-29-32-17-9-5-10-18-32)30-60-31(2)35-25-37(45(47,48)49)27-38(26-35)46(50,51)52/h5-27,31,39,41,53H,4,28-30H2,1-3H3,(H,55,57)/t31-,39-,41-,44-/m1/s1. The van der Waals surface area contributed by atoms with Gasteiger partial charge in [-0.25, -0.2) is 9.59 Å². The van der Waals surface area contributed by atoms with Gasteiger partial charge in [-0.3, -0.25) is 4.99 Å². The first-order valence-electron chi connectivity index (χ1n) is 19.1. The molecule has 316 valence electrons. The van der Waals surface area contributed by atoms with Gasteiger partial charge in [0.1, 0.15) is 6.61 Å². The molecule has 5 aromatic rings. The summed E-state index contributed by atoms with van der Waals surface area (Å²) in [5, 5.41) is 6.08. The summed E-state index contributed by atoms with van der Waals surface area (Å²) in [5.74, 6) is -0.701. The average Bonchev–Trinajstić information content (AvgIpc) is 3.25. The zero-order chi connectivity index (χ0) is 43.3. The number of carbonyl (C=O) groups is 2. The Kier molecular flexibility index (Phi) is 15.3. The van der Waals surface area contributed by atoms with Crippen LogP contribution in [0.5, 0.6) is 0 Å². The number of carbonyl (C=O) groups excluding carboxylic acids is 2. The van der Waals surface area contributed by atoms with Gasteiger partial charge in [0.2, 0.25) is 0 Å². The number of esters is 1. The Morgan fingerprint density at radius 2 is 1.18 bits per heavy atom. The molecule has 60 heavy (non-hydrogen) atoms. The van der Waals surface area contributed by atoms with Gasteiger partial charge in [0.05, 0.1) is 41.7 Å². The number of hydrogen-bond acceptors (Lipinski definition) is 7. The van der Waals surface area contributed by atoms with Crippen molar-refractivity contribution in [1.29, 1.82) is 0 Å². The van der Waals surface area contributed by atoms with Crippen LogP contribution in [0.2, 0.25) is 0 Å². The van der Waals surface area contributed by atoms with Crippen LogP contribution in [0.3, 0.4) is 0 Å². The molecular formula is C46H45F6N3O5. The van der Waals surface area contributed by atoms with E-state index in [0.717, 1.165) is 0 Å². The molecule has 0 aliphatic heterocycles. The molecule has 0 saturated carbocycles. The van der Waals surface area contributed by atoms with Crippen LogP contribution in [0.15, 0.2) is 145 Å². The van der Waals surface area contributed by atoms with Crippen LogP contribution >= 0.6 is 0 Å². The number of benzene rings is 5. The maximum Gasteiger partial charge on any atom is 0.416 e. The number of likely N-dealkylation sites (N-methyl/N-ethyl adjacent to an activating group) is 1. The first kappa shape index (κ1) is 45.1. The molecule has 5 aromatic carbocycles. The van der Waals surface area contributed by atoms with Gasteiger partial charge < -0.3 is 24.8 Å². The molecule has 1 amide bonds. The molecule has 4 atom stereocenters. The average molecular weight is 834 g/mol. The first-order valence-corrected chi connectivity index (χ1v) is 19.1. The number of rotatable bonds is 17. The highest BCUT2D eigenvalue weighted by Gasteiger charge is 2.43. The summed E-state index contributed by atoms with van der Waals surface area (Å²) < 4.78 is 101. The van der Waals surface area contributed by atoms with Crippen molar-refractivity contribution in [2.24, 2.45) is 4.99 Å². The molecular weight excluding hydrogens is 789 g/mol. The van der Waals surface area contributed by atoms with E-state index in [-0.39, 0.29) is 25.7 Å². The third kappa shape index (κ3) is 12.0. The minimum Gasteiger partial charge on any atom is -0.464 e. The van der Waals surface area contributed by atoms with Crippen LogP contribution in [-0.2, 0) is 43.5 Å². The van der Waals surface area contributed by atoms with E-state index in [1.54, 1.807) is 74.6 Å². The number of aliphatic imine (C=N–C) groups is 1. The Bertz CT molecular complexity index is 2100. The minimum atomic E-state index is -5.09. The van der Waals surface area contributed by atoms with E-state index in [1.165, 1.54) is 6.92 Å². The maximum absolute atomic E-state index is 14.0. The summed E-state index contributed by atoms with van der Waals surface area (Å²) in [5.41, 5.74) is -2.12. The predicted molar refractivity (Wildman–Crippen MR) is 215 cm³/mol. The van der Waals surface area contributed by atoms with Crippen LogP contribution in [0.1, 0.15) is 65.3 Å². The van der Waals surface area contributed by atoms with Gasteiger partial charge in [-0.05, 0) is 62.2 Å². The number of nitrogens with zero attached hydrogens (tertiary/aromatic N) is 1. The van der Waals surface area contributed by atoms with Gasteiger partial charge in [-0.2, -0.15) is 26.3 Å². The third-order valence-corrected chi connectivity index (χ3v) is 9.75. The maximum atomic E-state index is 14.0. The Morgan fingerprint density at radius 3 is 1.67 bits per heavy atom. The Balaban J connectivity index is 1.63. The van der Waals surface area contributed by atoms with Crippen molar-refractivity contribution in [3.8, 4) is 0 Å². The lowest BCUT2D eigenvalue weighted by atomic mass is 9.82. The summed E-state index contributed by atoms with van der Waals surface area (Å²) in [6.07, 6.45) is -12.6. The van der Waals surface area contributed by atoms with Gasteiger partial charge in [-0.1, -0.05) is 121 Å². The van der Waals surface area contributed by atoms with Gasteiger partial charge in [0.15, 0.2) is 6.04 Å². The van der Waals surface area contributed by atoms with Crippen LogP contribution in [0, 0.1) is 0 Å². The zero-order valence-corrected chi connectivity index (χ0v) is 33.1. The highest BCUT2D eigenvalue weighted by Crippen LogP contribution is 2.39. The van der Waals surface area contributed by atoms with E-state index in [0.29, 0.717) is 40.1 Å². The van der Waals surface area contributed by atoms with Crippen molar-refractivity contribution in [2.45, 2.75) is 63.0 Å². The fraction of sp³-hybridized carbons (Fsp3) is 0.283. The monoisotopic (exact) mass is 833 g/mol. The smallest absolute Gasteiger partial charge is 0.416 e. The first-order chi connectivity index (χ1) is 28.6. The molecule has 0 spiro atoms. The topological polar surface area (TPSA) is 98.3 Å². The number of alkyl carbamates (subject to hydrolysis) is 1. The van der Waals surface area contributed by atoms with Crippen LogP contribution < -0.4 is 10.6 Å². The molecule has 0 bridgehead atoms. The highest BCUT2D eigenvalue weighted by atomic mass is 19.4. The van der Waals surface area contributed by atoms with E-state index in [1.807, 2.05) is 60.7 Å². The number of hydrogen-bond donors (Lipinski definition) is 2. The summed E-state index contributed by atoms with van der Waals surface area (Å²) in [6, 6.07) is 34.7. The Hall–Kier alpha value is -5.99. The normalized spacial score (nSPS) is 14.2. The van der Waals surface area contributed by atoms with Crippen molar-refractivity contribution in [3.05, 3.63) is 178 Å². The molecule has 0 radical (unpaired) electrons. The quantitative estimate of drug-likeness (QED) is 0.0550. The number of halogens is 6. The highest BCUT2D eigenvalue weighted by molar-refractivity contribution is 6.13. The number of ether oxygens (including phenoxy) is 3. The van der Waals surface area contributed by atoms with Crippen LogP contribution in [0.25, 0.3) is 0 Å². The van der Waals surface area contributed by atoms with E-state index >= 15 is 0 Å². The van der Waals surface area contributed by atoms with Gasteiger partial charge in [0, 0.05) is 17.2 Å². The van der Waals surface area contributed by atoms with E-state index in [4.69, 9.17) is 19.2 Å². The van der Waals surface area contributed by atoms with Gasteiger partial charge >= 0.3 is 24.4 Å². The van der Waals surface area contributed by atoms with E-state index in [2.05, 4.69) is 10.6 Å². The Labute approximate surface area is 344 Å². The summed E-state index contributed by atoms with van der Waals surface area (Å²) in [6.45, 7) is 2.32. The number of alkyl halides is 6. The summed E-state index contributed by atoms with van der Waals surface area (Å²) >= 11 is 0. The molecule has 0 saturated heterocycles. The summed E-state index contributed by atoms with van der Waals surface area (Å²) in [7, 11) is 1.59. The molecule has 0 aromatic heterocycles. The Morgan fingerprint density at radius 1 is 0.683 bits per heavy atom. The molecule has 0 aliphatic carbocycles. The zero-order valence-electron chi connectivity index (χ0n) is 33.1. The van der Waals surface area contributed by atoms with Crippen molar-refractivity contribution in [3.63, 3.8) is 0 Å². The molecule has 0 aliphatic rings. The lowest BCUT2D eigenvalue weighted by Gasteiger charge is -2.39. The van der Waals surface area contributed by atoms with Crippen LogP contribution in [0.4, 0.5) is 31.1 Å². The number of amides is 1. The molecule has 8 nitrogen and oxygen atoms in total. The second-order valence-electron chi connectivity index (χ2n) is 13.9. The molecule has 2 N–H and O–H groups in total. The number of nitrogens with one attached hydrogen (secondary N) is 2. The van der Waals surface area contributed by atoms with Crippen molar-refractivity contribution in [1.82, 2.24) is 10.6 Å². The van der Waals surface area contributed by atoms with Crippen molar-refractivity contribution >= 4 is 17.8 Å². The van der Waals surface area contributed by atoms with Crippen LogP contribution in [-0.4, -0.2) is 50.1 Å². The van der Waals surface area contributed by atoms with Gasteiger partial charge in [-0.15, -0.1) is 0 Å². The van der Waals surface area contributed by atoms with E-state index < -0.39 is 71.4 Å². The fourth-order valence-electron chi connectivity index (χ4n) is 6.64. The second-order valence-corrected chi connectivity index (χ2v) is 13.9. The van der Waals surface area contributed by atoms with E-state index in [9.17, 15) is 35.9 Å².